The predicted octanol–water partition coefficient (Wildman–Crippen LogP) is 4.62. The molecule has 0 atom stereocenters. The molecule has 0 saturated carbocycles. The Morgan fingerprint density at radius 1 is 1.08 bits per heavy atom. The van der Waals surface area contributed by atoms with E-state index < -0.39 is 11.8 Å². The standard InChI is InChI=1S/C21H21FN2O2/c1-14(2)20-19(21(25)26)17(13-12-15-8-4-3-5-9-15)23-24(20)18-11-7-6-10-16(18)22/h3-11,14H,12-13H2,1-2H3,(H,25,26). The van der Waals surface area contributed by atoms with Crippen LogP contribution in [-0.4, -0.2) is 20.9 Å². The van der Waals surface area contributed by atoms with Gasteiger partial charge in [0, 0.05) is 0 Å². The average molecular weight is 352 g/mol. The Balaban J connectivity index is 2.08. The first-order chi connectivity index (χ1) is 12.5. The Morgan fingerprint density at radius 2 is 1.73 bits per heavy atom. The monoisotopic (exact) mass is 352 g/mol. The van der Waals surface area contributed by atoms with Crippen molar-refractivity contribution in [3.05, 3.63) is 82.9 Å². The molecule has 0 radical (unpaired) electrons. The Kier molecular flexibility index (Phi) is 5.16. The summed E-state index contributed by atoms with van der Waals surface area (Å²) in [5, 5.41) is 14.3. The summed E-state index contributed by atoms with van der Waals surface area (Å²) >= 11 is 0. The van der Waals surface area contributed by atoms with Crippen LogP contribution in [0.2, 0.25) is 0 Å². The Bertz CT molecular complexity index is 917. The number of nitrogens with zero attached hydrogens (tertiary/aromatic N) is 2. The normalized spacial score (nSPS) is 11.1. The molecule has 0 aliphatic heterocycles. The van der Waals surface area contributed by atoms with Gasteiger partial charge in [-0.25, -0.2) is 13.9 Å². The SMILES string of the molecule is CC(C)c1c(C(=O)O)c(CCc2ccccc2)nn1-c1ccccc1F. The van der Waals surface area contributed by atoms with Gasteiger partial charge in [-0.2, -0.15) is 5.10 Å². The fourth-order valence-corrected chi connectivity index (χ4v) is 3.13. The number of carboxylic acids is 1. The van der Waals surface area contributed by atoms with Gasteiger partial charge in [0.15, 0.2) is 0 Å². The number of para-hydroxylation sites is 1. The Labute approximate surface area is 151 Å². The quantitative estimate of drug-likeness (QED) is 0.704. The van der Waals surface area contributed by atoms with Crippen molar-refractivity contribution in [2.75, 3.05) is 0 Å². The lowest BCUT2D eigenvalue weighted by molar-refractivity contribution is 0.0694. The van der Waals surface area contributed by atoms with Crippen LogP contribution < -0.4 is 0 Å². The summed E-state index contributed by atoms with van der Waals surface area (Å²) in [6, 6.07) is 16.1. The molecule has 0 amide bonds. The molecule has 0 bridgehead atoms. The summed E-state index contributed by atoms with van der Waals surface area (Å²) in [5.41, 5.74) is 2.55. The van der Waals surface area contributed by atoms with Crippen LogP contribution in [0.4, 0.5) is 4.39 Å². The first-order valence-electron chi connectivity index (χ1n) is 8.63. The van der Waals surface area contributed by atoms with Crippen molar-refractivity contribution in [1.82, 2.24) is 9.78 Å². The average Bonchev–Trinajstić information content (AvgIpc) is 3.01. The number of aryl methyl sites for hydroxylation is 2. The van der Waals surface area contributed by atoms with Gasteiger partial charge in [0.2, 0.25) is 0 Å². The van der Waals surface area contributed by atoms with Crippen molar-refractivity contribution < 1.29 is 14.3 Å². The van der Waals surface area contributed by atoms with Gasteiger partial charge >= 0.3 is 5.97 Å². The first-order valence-corrected chi connectivity index (χ1v) is 8.63. The van der Waals surface area contributed by atoms with Gasteiger partial charge in [0.25, 0.3) is 0 Å². The summed E-state index contributed by atoms with van der Waals surface area (Å²) in [6.45, 7) is 3.78. The van der Waals surface area contributed by atoms with Crippen LogP contribution in [0.15, 0.2) is 54.6 Å². The number of rotatable bonds is 6. The summed E-state index contributed by atoms with van der Waals surface area (Å²) in [6.07, 6.45) is 1.15. The molecule has 5 heteroatoms. The van der Waals surface area contributed by atoms with E-state index in [1.807, 2.05) is 44.2 Å². The summed E-state index contributed by atoms with van der Waals surface area (Å²) in [4.78, 5) is 11.9. The van der Waals surface area contributed by atoms with Gasteiger partial charge in [-0.15, -0.1) is 0 Å². The van der Waals surface area contributed by atoms with E-state index in [1.54, 1.807) is 18.2 Å². The molecule has 4 nitrogen and oxygen atoms in total. The number of carbonyl (C=O) groups is 1. The first kappa shape index (κ1) is 17.9. The lowest BCUT2D eigenvalue weighted by atomic mass is 10.00. The molecule has 0 aliphatic carbocycles. The molecular formula is C21H21FN2O2. The zero-order chi connectivity index (χ0) is 18.7. The second-order valence-corrected chi connectivity index (χ2v) is 6.52. The van der Waals surface area contributed by atoms with E-state index in [9.17, 15) is 14.3 Å². The van der Waals surface area contributed by atoms with E-state index in [0.29, 0.717) is 24.2 Å². The van der Waals surface area contributed by atoms with E-state index in [2.05, 4.69) is 5.10 Å². The molecule has 0 unspecified atom stereocenters. The molecule has 0 spiro atoms. The maximum absolute atomic E-state index is 14.3. The van der Waals surface area contributed by atoms with Crippen molar-refractivity contribution in [3.63, 3.8) is 0 Å². The van der Waals surface area contributed by atoms with Crippen molar-refractivity contribution in [2.45, 2.75) is 32.6 Å². The summed E-state index contributed by atoms with van der Waals surface area (Å²) in [7, 11) is 0. The molecule has 0 aliphatic rings. The Morgan fingerprint density at radius 3 is 2.35 bits per heavy atom. The molecule has 2 aromatic carbocycles. The summed E-state index contributed by atoms with van der Waals surface area (Å²) in [5.74, 6) is -1.57. The largest absolute Gasteiger partial charge is 0.478 e. The van der Waals surface area contributed by atoms with Crippen LogP contribution in [0, 0.1) is 5.82 Å². The maximum atomic E-state index is 14.3. The number of hydrogen-bond acceptors (Lipinski definition) is 2. The highest BCUT2D eigenvalue weighted by atomic mass is 19.1. The fraction of sp³-hybridized carbons (Fsp3) is 0.238. The van der Waals surface area contributed by atoms with Crippen LogP contribution >= 0.6 is 0 Å². The molecule has 1 N–H and O–H groups in total. The number of aromatic nitrogens is 2. The minimum Gasteiger partial charge on any atom is -0.478 e. The molecule has 0 fully saturated rings. The van der Waals surface area contributed by atoms with Crippen LogP contribution in [0.25, 0.3) is 5.69 Å². The molecule has 134 valence electrons. The van der Waals surface area contributed by atoms with Gasteiger partial charge in [0.05, 0.1) is 11.4 Å². The zero-order valence-corrected chi connectivity index (χ0v) is 14.8. The number of benzene rings is 2. The van der Waals surface area contributed by atoms with Crippen LogP contribution in [0.1, 0.15) is 47.1 Å². The van der Waals surface area contributed by atoms with E-state index in [0.717, 1.165) is 5.56 Å². The molecule has 1 aromatic heterocycles. The molecule has 1 heterocycles. The van der Waals surface area contributed by atoms with Gasteiger partial charge < -0.3 is 5.11 Å². The molecule has 3 rings (SSSR count). The van der Waals surface area contributed by atoms with Gasteiger partial charge in [-0.05, 0) is 36.5 Å². The second-order valence-electron chi connectivity index (χ2n) is 6.52. The highest BCUT2D eigenvalue weighted by Gasteiger charge is 2.26. The van der Waals surface area contributed by atoms with Crippen LogP contribution in [-0.2, 0) is 12.8 Å². The smallest absolute Gasteiger partial charge is 0.339 e. The zero-order valence-electron chi connectivity index (χ0n) is 14.8. The van der Waals surface area contributed by atoms with E-state index >= 15 is 0 Å². The van der Waals surface area contributed by atoms with Gasteiger partial charge in [-0.1, -0.05) is 56.3 Å². The van der Waals surface area contributed by atoms with Crippen molar-refractivity contribution >= 4 is 5.97 Å². The predicted molar refractivity (Wildman–Crippen MR) is 98.4 cm³/mol. The van der Waals surface area contributed by atoms with Gasteiger partial charge in [-0.3, -0.25) is 0 Å². The minimum absolute atomic E-state index is 0.112. The number of carboxylic acid groups (broad SMARTS) is 1. The third kappa shape index (κ3) is 3.52. The van der Waals surface area contributed by atoms with Crippen molar-refractivity contribution in [1.29, 1.82) is 0 Å². The Hall–Kier alpha value is -2.95. The van der Waals surface area contributed by atoms with Gasteiger partial charge in [0.1, 0.15) is 17.1 Å². The van der Waals surface area contributed by atoms with Crippen LogP contribution in [0.5, 0.6) is 0 Å². The molecule has 3 aromatic rings. The number of halogens is 1. The minimum atomic E-state index is -1.03. The number of hydrogen-bond donors (Lipinski definition) is 1. The van der Waals surface area contributed by atoms with E-state index in [4.69, 9.17) is 0 Å². The van der Waals surface area contributed by atoms with E-state index in [-0.39, 0.29) is 17.2 Å². The lowest BCUT2D eigenvalue weighted by Crippen LogP contribution is -2.09. The fourth-order valence-electron chi connectivity index (χ4n) is 3.13. The topological polar surface area (TPSA) is 55.1 Å². The summed E-state index contributed by atoms with van der Waals surface area (Å²) < 4.78 is 15.8. The van der Waals surface area contributed by atoms with Crippen molar-refractivity contribution in [3.8, 4) is 5.69 Å². The van der Waals surface area contributed by atoms with Crippen molar-refractivity contribution in [2.24, 2.45) is 0 Å². The third-order valence-electron chi connectivity index (χ3n) is 4.33. The molecule has 0 saturated heterocycles. The lowest BCUT2D eigenvalue weighted by Gasteiger charge is -2.11. The third-order valence-corrected chi connectivity index (χ3v) is 4.33. The molecule has 26 heavy (non-hydrogen) atoms. The second kappa shape index (κ2) is 7.52. The highest BCUT2D eigenvalue weighted by Crippen LogP contribution is 2.28. The highest BCUT2D eigenvalue weighted by molar-refractivity contribution is 5.90. The van der Waals surface area contributed by atoms with Crippen LogP contribution in [0.3, 0.4) is 0 Å². The molecular weight excluding hydrogens is 331 g/mol. The van der Waals surface area contributed by atoms with E-state index in [1.165, 1.54) is 10.7 Å². The maximum Gasteiger partial charge on any atom is 0.339 e. The number of aromatic carboxylic acids is 1.